The number of ether oxygens (including phenoxy) is 1. The molecular weight excluding hydrogens is 320 g/mol. The number of carbonyl (C=O) groups is 1. The van der Waals surface area contributed by atoms with E-state index in [0.29, 0.717) is 38.5 Å². The molecule has 2 N–H and O–H groups in total. The fourth-order valence-corrected chi connectivity index (χ4v) is 4.28. The third-order valence-corrected chi connectivity index (χ3v) is 6.13. The molecule has 1 amide bonds. The molecule has 0 bridgehead atoms. The zero-order chi connectivity index (χ0) is 16.4. The summed E-state index contributed by atoms with van der Waals surface area (Å²) < 4.78 is 31.7. The lowest BCUT2D eigenvalue weighted by atomic mass is 10.2. The van der Waals surface area contributed by atoms with Crippen LogP contribution in [0.5, 0.6) is 0 Å². The van der Waals surface area contributed by atoms with Crippen molar-refractivity contribution in [2.75, 3.05) is 45.9 Å². The van der Waals surface area contributed by atoms with Gasteiger partial charge in [-0.15, -0.1) is 0 Å². The smallest absolute Gasteiger partial charge is 0.270 e. The van der Waals surface area contributed by atoms with Crippen LogP contribution in [0.2, 0.25) is 0 Å². The van der Waals surface area contributed by atoms with E-state index in [-0.39, 0.29) is 16.8 Å². The number of nitrogens with one attached hydrogen (secondary N) is 2. The molecule has 2 aliphatic rings. The fraction of sp³-hybridized carbons (Fsp3) is 0.643. The summed E-state index contributed by atoms with van der Waals surface area (Å²) >= 11 is 0. The van der Waals surface area contributed by atoms with Crippen molar-refractivity contribution < 1.29 is 17.9 Å². The molecule has 2 saturated heterocycles. The van der Waals surface area contributed by atoms with Gasteiger partial charge in [-0.2, -0.15) is 4.31 Å². The van der Waals surface area contributed by atoms with Crippen molar-refractivity contribution in [1.29, 1.82) is 0 Å². The highest BCUT2D eigenvalue weighted by Crippen LogP contribution is 2.19. The minimum absolute atomic E-state index is 0.0823. The highest BCUT2D eigenvalue weighted by molar-refractivity contribution is 7.89. The van der Waals surface area contributed by atoms with Crippen molar-refractivity contribution in [3.8, 4) is 0 Å². The van der Waals surface area contributed by atoms with Gasteiger partial charge in [-0.25, -0.2) is 8.42 Å². The van der Waals surface area contributed by atoms with Gasteiger partial charge in [0.2, 0.25) is 10.0 Å². The molecule has 1 atom stereocenters. The highest BCUT2D eigenvalue weighted by Gasteiger charge is 2.30. The SMILES string of the molecule is C[C@@H]1CNCCN1C(=O)c1cc(S(=O)(=O)N2CCOCC2)c[nH]1. The number of nitrogens with zero attached hydrogens (tertiary/aromatic N) is 2. The number of rotatable bonds is 3. The van der Waals surface area contributed by atoms with Crippen molar-refractivity contribution in [3.05, 3.63) is 18.0 Å². The second kappa shape index (κ2) is 6.60. The van der Waals surface area contributed by atoms with Crippen LogP contribution in [0.4, 0.5) is 0 Å². The first kappa shape index (κ1) is 16.4. The minimum Gasteiger partial charge on any atom is -0.379 e. The summed E-state index contributed by atoms with van der Waals surface area (Å²) in [6.07, 6.45) is 1.39. The number of morpholine rings is 1. The number of piperazine rings is 1. The quantitative estimate of drug-likeness (QED) is 0.770. The van der Waals surface area contributed by atoms with Crippen LogP contribution < -0.4 is 5.32 Å². The first-order valence-electron chi connectivity index (χ1n) is 7.78. The molecule has 9 heteroatoms. The Morgan fingerprint density at radius 1 is 1.30 bits per heavy atom. The Kier molecular flexibility index (Phi) is 4.72. The summed E-state index contributed by atoms with van der Waals surface area (Å²) in [6.45, 7) is 5.54. The molecule has 1 aromatic rings. The van der Waals surface area contributed by atoms with Gasteiger partial charge >= 0.3 is 0 Å². The Morgan fingerprint density at radius 2 is 2.04 bits per heavy atom. The van der Waals surface area contributed by atoms with Crippen LogP contribution in [0.25, 0.3) is 0 Å². The first-order chi connectivity index (χ1) is 11.0. The van der Waals surface area contributed by atoms with Crippen molar-refractivity contribution in [2.24, 2.45) is 0 Å². The molecule has 0 unspecified atom stereocenters. The fourth-order valence-electron chi connectivity index (χ4n) is 2.88. The van der Waals surface area contributed by atoms with E-state index in [1.807, 2.05) is 6.92 Å². The van der Waals surface area contributed by atoms with Gasteiger partial charge in [-0.1, -0.05) is 0 Å². The second-order valence-corrected chi connectivity index (χ2v) is 7.76. The second-order valence-electron chi connectivity index (χ2n) is 5.82. The predicted molar refractivity (Wildman–Crippen MR) is 83.7 cm³/mol. The van der Waals surface area contributed by atoms with Crippen LogP contribution in [-0.2, 0) is 14.8 Å². The highest BCUT2D eigenvalue weighted by atomic mass is 32.2. The summed E-state index contributed by atoms with van der Waals surface area (Å²) in [5, 5.41) is 3.22. The number of hydrogen-bond donors (Lipinski definition) is 2. The summed E-state index contributed by atoms with van der Waals surface area (Å²) in [5.41, 5.74) is 0.311. The molecule has 2 aliphatic heterocycles. The summed E-state index contributed by atoms with van der Waals surface area (Å²) in [5.74, 6) is -0.164. The van der Waals surface area contributed by atoms with Crippen LogP contribution in [0.15, 0.2) is 17.2 Å². The van der Waals surface area contributed by atoms with Crippen molar-refractivity contribution in [1.82, 2.24) is 19.5 Å². The van der Waals surface area contributed by atoms with Crippen molar-refractivity contribution in [3.63, 3.8) is 0 Å². The number of aromatic nitrogens is 1. The molecule has 8 nitrogen and oxygen atoms in total. The van der Waals surface area contributed by atoms with E-state index in [0.717, 1.165) is 13.1 Å². The molecular formula is C14H22N4O4S. The Labute approximate surface area is 135 Å². The molecule has 128 valence electrons. The Hall–Kier alpha value is -1.42. The standard InChI is InChI=1S/C14H22N4O4S/c1-11-9-15-2-3-18(11)14(19)13-8-12(10-16-13)23(20,21)17-4-6-22-7-5-17/h8,10-11,15-16H,2-7,9H2,1H3/t11-/m1/s1. The topological polar surface area (TPSA) is 94.7 Å². The van der Waals surface area contributed by atoms with Crippen LogP contribution in [0.3, 0.4) is 0 Å². The van der Waals surface area contributed by atoms with E-state index < -0.39 is 10.0 Å². The van der Waals surface area contributed by atoms with E-state index in [9.17, 15) is 13.2 Å². The minimum atomic E-state index is -3.58. The molecule has 3 rings (SSSR count). The lowest BCUT2D eigenvalue weighted by molar-refractivity contribution is 0.0650. The maximum absolute atomic E-state index is 12.6. The molecule has 3 heterocycles. The maximum Gasteiger partial charge on any atom is 0.270 e. The van der Waals surface area contributed by atoms with Gasteiger partial charge in [0.25, 0.3) is 5.91 Å². The zero-order valence-electron chi connectivity index (χ0n) is 13.1. The zero-order valence-corrected chi connectivity index (χ0v) is 13.9. The summed E-state index contributed by atoms with van der Waals surface area (Å²) in [4.78, 5) is 17.3. The molecule has 2 fully saturated rings. The van der Waals surface area contributed by atoms with E-state index >= 15 is 0 Å². The Balaban J connectivity index is 1.78. The normalized spacial score (nSPS) is 23.9. The van der Waals surface area contributed by atoms with Crippen LogP contribution in [0, 0.1) is 0 Å². The molecule has 0 spiro atoms. The Morgan fingerprint density at radius 3 is 2.74 bits per heavy atom. The van der Waals surface area contributed by atoms with E-state index in [4.69, 9.17) is 4.74 Å². The van der Waals surface area contributed by atoms with Gasteiger partial charge in [0.05, 0.1) is 13.2 Å². The van der Waals surface area contributed by atoms with Crippen LogP contribution >= 0.6 is 0 Å². The number of sulfonamides is 1. The Bertz CT molecular complexity index is 666. The van der Waals surface area contributed by atoms with Gasteiger partial charge in [0, 0.05) is 45.0 Å². The molecule has 0 saturated carbocycles. The predicted octanol–water partition coefficient (Wildman–Crippen LogP) is -0.530. The van der Waals surface area contributed by atoms with Crippen LogP contribution in [-0.4, -0.2) is 80.5 Å². The van der Waals surface area contributed by atoms with Gasteiger partial charge in [0.15, 0.2) is 0 Å². The molecule has 0 aromatic carbocycles. The number of aromatic amines is 1. The maximum atomic E-state index is 12.6. The van der Waals surface area contributed by atoms with Gasteiger partial charge < -0.3 is 19.9 Å². The largest absolute Gasteiger partial charge is 0.379 e. The van der Waals surface area contributed by atoms with Crippen molar-refractivity contribution >= 4 is 15.9 Å². The molecule has 0 radical (unpaired) electrons. The third-order valence-electron chi connectivity index (χ3n) is 4.26. The lowest BCUT2D eigenvalue weighted by Crippen LogP contribution is -2.52. The van der Waals surface area contributed by atoms with E-state index in [1.165, 1.54) is 16.6 Å². The summed E-state index contributed by atoms with van der Waals surface area (Å²) in [6, 6.07) is 1.51. The lowest BCUT2D eigenvalue weighted by Gasteiger charge is -2.33. The third kappa shape index (κ3) is 3.27. The molecule has 1 aromatic heterocycles. The van der Waals surface area contributed by atoms with Crippen LogP contribution in [0.1, 0.15) is 17.4 Å². The average molecular weight is 342 g/mol. The number of carbonyl (C=O) groups excluding carboxylic acids is 1. The monoisotopic (exact) mass is 342 g/mol. The van der Waals surface area contributed by atoms with Gasteiger partial charge in [0.1, 0.15) is 10.6 Å². The number of hydrogen-bond acceptors (Lipinski definition) is 5. The average Bonchev–Trinajstić information content (AvgIpc) is 3.06. The van der Waals surface area contributed by atoms with E-state index in [2.05, 4.69) is 10.3 Å². The van der Waals surface area contributed by atoms with Gasteiger partial charge in [-0.3, -0.25) is 4.79 Å². The van der Waals surface area contributed by atoms with E-state index in [1.54, 1.807) is 4.90 Å². The van der Waals surface area contributed by atoms with Crippen molar-refractivity contribution in [2.45, 2.75) is 17.9 Å². The molecule has 0 aliphatic carbocycles. The number of H-pyrrole nitrogens is 1. The number of amides is 1. The van der Waals surface area contributed by atoms with Gasteiger partial charge in [-0.05, 0) is 13.0 Å². The first-order valence-corrected chi connectivity index (χ1v) is 9.22. The summed E-state index contributed by atoms with van der Waals surface area (Å²) in [7, 11) is -3.58. The molecule has 23 heavy (non-hydrogen) atoms.